The van der Waals surface area contributed by atoms with Gasteiger partial charge in [-0.2, -0.15) is 0 Å². The van der Waals surface area contributed by atoms with Gasteiger partial charge in [0.2, 0.25) is 5.28 Å². The molecule has 0 amide bonds. The summed E-state index contributed by atoms with van der Waals surface area (Å²) in [5.74, 6) is 0.240. The van der Waals surface area contributed by atoms with Gasteiger partial charge in [-0.15, -0.1) is 0 Å². The Bertz CT molecular complexity index is 531. The van der Waals surface area contributed by atoms with Crippen molar-refractivity contribution < 1.29 is 5.11 Å². The maximum atomic E-state index is 9.89. The number of imidazole rings is 1. The van der Waals surface area contributed by atoms with Crippen LogP contribution in [0.2, 0.25) is 5.28 Å². The van der Waals surface area contributed by atoms with Gasteiger partial charge >= 0.3 is 0 Å². The van der Waals surface area contributed by atoms with Crippen LogP contribution in [0.5, 0.6) is 5.75 Å². The Labute approximate surface area is 97.9 Å². The molecule has 0 radical (unpaired) electrons. The Kier molecular flexibility index (Phi) is 2.26. The fourth-order valence-corrected chi connectivity index (χ4v) is 2.61. The number of para-hydroxylation sites is 1. The van der Waals surface area contributed by atoms with E-state index >= 15 is 0 Å². The third-order valence-electron chi connectivity index (χ3n) is 3.05. The third kappa shape index (κ3) is 1.37. The summed E-state index contributed by atoms with van der Waals surface area (Å²) in [6.45, 7) is 1.85. The minimum absolute atomic E-state index is 0.240. The molecule has 0 bridgehead atoms. The molecule has 0 saturated carbocycles. The highest BCUT2D eigenvalue weighted by molar-refractivity contribution is 6.29. The number of aromatic nitrogens is 2. The average molecular weight is 238 g/mol. The molecule has 1 aromatic carbocycles. The van der Waals surface area contributed by atoms with Crippen molar-refractivity contribution in [2.24, 2.45) is 0 Å². The molecule has 1 aromatic heterocycles. The summed E-state index contributed by atoms with van der Waals surface area (Å²) < 4.78 is 1.92. The van der Waals surface area contributed by atoms with Crippen LogP contribution < -0.4 is 5.32 Å². The van der Waals surface area contributed by atoms with E-state index in [-0.39, 0.29) is 11.8 Å². The fourth-order valence-electron chi connectivity index (χ4n) is 2.30. The summed E-state index contributed by atoms with van der Waals surface area (Å²) in [7, 11) is 0. The molecule has 1 saturated heterocycles. The van der Waals surface area contributed by atoms with Crippen molar-refractivity contribution in [3.63, 3.8) is 0 Å². The van der Waals surface area contributed by atoms with Crippen LogP contribution in [0.3, 0.4) is 0 Å². The topological polar surface area (TPSA) is 50.1 Å². The average Bonchev–Trinajstić information content (AvgIpc) is 2.84. The van der Waals surface area contributed by atoms with Crippen LogP contribution in [0, 0.1) is 0 Å². The van der Waals surface area contributed by atoms with E-state index in [2.05, 4.69) is 10.3 Å². The number of hydrogen-bond donors (Lipinski definition) is 2. The predicted molar refractivity (Wildman–Crippen MR) is 62.9 cm³/mol. The van der Waals surface area contributed by atoms with Crippen molar-refractivity contribution in [3.8, 4) is 5.75 Å². The molecule has 3 rings (SSSR count). The van der Waals surface area contributed by atoms with Gasteiger partial charge in [-0.1, -0.05) is 6.07 Å². The molecule has 16 heavy (non-hydrogen) atoms. The molecule has 2 aromatic rings. The Morgan fingerprint density at radius 2 is 2.38 bits per heavy atom. The van der Waals surface area contributed by atoms with Crippen molar-refractivity contribution in [1.29, 1.82) is 0 Å². The zero-order chi connectivity index (χ0) is 11.1. The molecule has 84 valence electrons. The number of hydrogen-bond acceptors (Lipinski definition) is 3. The van der Waals surface area contributed by atoms with E-state index in [1.165, 1.54) is 0 Å². The Hall–Kier alpha value is -1.26. The first-order valence-corrected chi connectivity index (χ1v) is 5.71. The van der Waals surface area contributed by atoms with Gasteiger partial charge in [0.25, 0.3) is 0 Å². The number of fused-ring (bicyclic) bond motifs is 1. The van der Waals surface area contributed by atoms with Gasteiger partial charge in [-0.25, -0.2) is 4.98 Å². The highest BCUT2D eigenvalue weighted by Gasteiger charge is 2.22. The minimum Gasteiger partial charge on any atom is -0.506 e. The van der Waals surface area contributed by atoms with Crippen LogP contribution in [0.4, 0.5) is 0 Å². The molecule has 4 nitrogen and oxygen atoms in total. The molecule has 1 aliphatic heterocycles. The van der Waals surface area contributed by atoms with Crippen molar-refractivity contribution in [2.75, 3.05) is 13.1 Å². The normalized spacial score (nSPS) is 20.7. The largest absolute Gasteiger partial charge is 0.506 e. The van der Waals surface area contributed by atoms with Crippen molar-refractivity contribution >= 4 is 22.6 Å². The smallest absolute Gasteiger partial charge is 0.204 e. The monoisotopic (exact) mass is 237 g/mol. The first-order valence-electron chi connectivity index (χ1n) is 5.33. The number of nitrogens with one attached hydrogen (secondary N) is 1. The molecular weight excluding hydrogens is 226 g/mol. The van der Waals surface area contributed by atoms with Gasteiger partial charge in [0.15, 0.2) is 0 Å². The van der Waals surface area contributed by atoms with Gasteiger partial charge in [0, 0.05) is 6.54 Å². The second-order valence-corrected chi connectivity index (χ2v) is 4.38. The van der Waals surface area contributed by atoms with Gasteiger partial charge in [-0.3, -0.25) is 0 Å². The third-order valence-corrected chi connectivity index (χ3v) is 3.31. The number of halogens is 1. The molecule has 1 atom stereocenters. The zero-order valence-electron chi connectivity index (χ0n) is 8.65. The summed E-state index contributed by atoms with van der Waals surface area (Å²) in [4.78, 5) is 4.26. The van der Waals surface area contributed by atoms with Gasteiger partial charge < -0.3 is 15.0 Å². The minimum atomic E-state index is 0.240. The van der Waals surface area contributed by atoms with Gasteiger partial charge in [-0.05, 0) is 36.7 Å². The maximum absolute atomic E-state index is 9.89. The van der Waals surface area contributed by atoms with E-state index in [1.807, 2.05) is 10.6 Å². The second-order valence-electron chi connectivity index (χ2n) is 4.04. The lowest BCUT2D eigenvalue weighted by molar-refractivity contribution is 0.472. The molecule has 2 heterocycles. The van der Waals surface area contributed by atoms with E-state index in [0.29, 0.717) is 5.28 Å². The molecule has 0 spiro atoms. The zero-order valence-corrected chi connectivity index (χ0v) is 9.41. The summed E-state index contributed by atoms with van der Waals surface area (Å²) >= 11 is 6.13. The van der Waals surface area contributed by atoms with Crippen LogP contribution in [-0.2, 0) is 0 Å². The second kappa shape index (κ2) is 3.64. The lowest BCUT2D eigenvalue weighted by atomic mass is 10.2. The number of benzene rings is 1. The standard InChI is InChI=1S/C11H12ClN3O/c12-11-14-8-2-1-3-9(16)10(8)15(11)7-4-5-13-6-7/h1-3,7,13,16H,4-6H2. The SMILES string of the molecule is Oc1cccc2nc(Cl)n(C3CCNC3)c12. The Morgan fingerprint density at radius 3 is 3.12 bits per heavy atom. The van der Waals surface area contributed by atoms with Crippen LogP contribution in [-0.4, -0.2) is 27.7 Å². The maximum Gasteiger partial charge on any atom is 0.204 e. The Morgan fingerprint density at radius 1 is 1.50 bits per heavy atom. The van der Waals surface area contributed by atoms with E-state index in [0.717, 1.165) is 30.5 Å². The van der Waals surface area contributed by atoms with Crippen LogP contribution >= 0.6 is 11.6 Å². The number of aromatic hydroxyl groups is 1. The highest BCUT2D eigenvalue weighted by Crippen LogP contribution is 2.32. The van der Waals surface area contributed by atoms with Crippen LogP contribution in [0.15, 0.2) is 18.2 Å². The molecule has 5 heteroatoms. The summed E-state index contributed by atoms with van der Waals surface area (Å²) in [5.41, 5.74) is 1.48. The van der Waals surface area contributed by atoms with Crippen molar-refractivity contribution in [1.82, 2.24) is 14.9 Å². The van der Waals surface area contributed by atoms with Crippen molar-refractivity contribution in [2.45, 2.75) is 12.5 Å². The van der Waals surface area contributed by atoms with Crippen LogP contribution in [0.25, 0.3) is 11.0 Å². The van der Waals surface area contributed by atoms with Gasteiger partial charge in [0.1, 0.15) is 11.3 Å². The molecular formula is C11H12ClN3O. The summed E-state index contributed by atoms with van der Waals surface area (Å²) in [6.07, 6.45) is 1.01. The molecule has 1 unspecified atom stereocenters. The first-order chi connectivity index (χ1) is 7.77. The van der Waals surface area contributed by atoms with Crippen LogP contribution in [0.1, 0.15) is 12.5 Å². The summed E-state index contributed by atoms with van der Waals surface area (Å²) in [5, 5.41) is 13.6. The highest BCUT2D eigenvalue weighted by atomic mass is 35.5. The first kappa shape index (κ1) is 9.93. The quantitative estimate of drug-likeness (QED) is 0.797. The molecule has 1 aliphatic rings. The predicted octanol–water partition coefficient (Wildman–Crippen LogP) is 1.93. The Balaban J connectivity index is 2.25. The van der Waals surface area contributed by atoms with Gasteiger partial charge in [0.05, 0.1) is 11.6 Å². The van der Waals surface area contributed by atoms with E-state index < -0.39 is 0 Å². The van der Waals surface area contributed by atoms with E-state index in [1.54, 1.807) is 12.1 Å². The number of nitrogens with zero attached hydrogens (tertiary/aromatic N) is 2. The number of rotatable bonds is 1. The van der Waals surface area contributed by atoms with E-state index in [9.17, 15) is 5.11 Å². The van der Waals surface area contributed by atoms with E-state index in [4.69, 9.17) is 11.6 Å². The number of phenolic OH excluding ortho intramolecular Hbond substituents is 1. The summed E-state index contributed by atoms with van der Waals surface area (Å²) in [6, 6.07) is 5.59. The lowest BCUT2D eigenvalue weighted by Gasteiger charge is -2.13. The van der Waals surface area contributed by atoms with Crippen molar-refractivity contribution in [3.05, 3.63) is 23.5 Å². The molecule has 0 aliphatic carbocycles. The number of phenols is 1. The fraction of sp³-hybridized carbons (Fsp3) is 0.364. The lowest BCUT2D eigenvalue weighted by Crippen LogP contribution is -2.13. The molecule has 1 fully saturated rings. The molecule has 2 N–H and O–H groups in total.